The molecule has 3 heterocycles. The topological polar surface area (TPSA) is 62.7 Å². The van der Waals surface area contributed by atoms with E-state index in [1.165, 1.54) is 4.88 Å². The molecule has 1 aliphatic rings. The molecular formula is C27H33FN2O3S. The molecule has 0 aliphatic carbocycles. The fraction of sp³-hybridized carbons (Fsp3) is 0.481. The first-order chi connectivity index (χ1) is 16.5. The summed E-state index contributed by atoms with van der Waals surface area (Å²) in [7, 11) is 1.60. The molecule has 182 valence electrons. The van der Waals surface area contributed by atoms with Gasteiger partial charge in [0.15, 0.2) is 0 Å². The summed E-state index contributed by atoms with van der Waals surface area (Å²) in [6.45, 7) is 2.72. The lowest BCUT2D eigenvalue weighted by molar-refractivity contribution is -0.139. The molecule has 1 aliphatic heterocycles. The monoisotopic (exact) mass is 484 g/mol. The molecule has 0 radical (unpaired) electrons. The second kappa shape index (κ2) is 11.8. The number of carboxylic acids is 1. The number of methoxy groups -OCH3 is 1. The van der Waals surface area contributed by atoms with Gasteiger partial charge in [-0.1, -0.05) is 6.07 Å². The summed E-state index contributed by atoms with van der Waals surface area (Å²) < 4.78 is 20.7. The Morgan fingerprint density at radius 2 is 2.21 bits per heavy atom. The minimum atomic E-state index is -1.12. The van der Waals surface area contributed by atoms with Crippen molar-refractivity contribution in [2.45, 2.75) is 44.7 Å². The number of hydrogen-bond acceptors (Lipinski definition) is 5. The first kappa shape index (κ1) is 24.6. The van der Waals surface area contributed by atoms with E-state index in [4.69, 9.17) is 4.74 Å². The second-order valence-electron chi connectivity index (χ2n) is 9.22. The van der Waals surface area contributed by atoms with Crippen LogP contribution in [-0.4, -0.2) is 47.7 Å². The normalized spacial score (nSPS) is 19.8. The van der Waals surface area contributed by atoms with E-state index < -0.39 is 12.1 Å². The second-order valence-corrected chi connectivity index (χ2v) is 10.3. The third-order valence-electron chi connectivity index (χ3n) is 7.00. The summed E-state index contributed by atoms with van der Waals surface area (Å²) in [6.07, 6.45) is 4.83. The number of aromatic nitrogens is 1. The molecule has 0 spiro atoms. The van der Waals surface area contributed by atoms with Crippen LogP contribution in [0.1, 0.15) is 48.7 Å². The number of nitrogens with zero attached hydrogens (tertiary/aromatic N) is 2. The van der Waals surface area contributed by atoms with Gasteiger partial charge in [0.25, 0.3) is 0 Å². The van der Waals surface area contributed by atoms with Crippen molar-refractivity contribution in [3.63, 3.8) is 0 Å². The maximum absolute atomic E-state index is 15.4. The quantitative estimate of drug-likeness (QED) is 0.354. The molecule has 3 atom stereocenters. The zero-order chi connectivity index (χ0) is 23.9. The van der Waals surface area contributed by atoms with Gasteiger partial charge >= 0.3 is 5.97 Å². The summed E-state index contributed by atoms with van der Waals surface area (Å²) in [4.78, 5) is 19.7. The summed E-state index contributed by atoms with van der Waals surface area (Å²) in [6, 6.07) is 11.5. The van der Waals surface area contributed by atoms with Crippen LogP contribution in [0, 0.1) is 11.8 Å². The van der Waals surface area contributed by atoms with E-state index in [-0.39, 0.29) is 18.3 Å². The molecule has 0 unspecified atom stereocenters. The lowest BCUT2D eigenvalue weighted by Gasteiger charge is -2.38. The minimum Gasteiger partial charge on any atom is -0.497 e. The van der Waals surface area contributed by atoms with E-state index in [2.05, 4.69) is 27.4 Å². The minimum absolute atomic E-state index is 0.0643. The standard InChI is InChI=1S/C27H33FN2O3S/c1-33-21-7-9-26-24(17-21)23(10-12-29-26)25(28)8-6-19-11-14-30(18-20(19)16-27(31)32)13-2-4-22-5-3-15-34-22/h3,5,7,9-10,12,15,17,19-20,25H,2,4,6,8,11,13-14,16,18H2,1H3,(H,31,32)/t19-,20+,25-/m1/s1. The number of likely N-dealkylation sites (tertiary alicyclic amines) is 1. The van der Waals surface area contributed by atoms with Gasteiger partial charge in [0.1, 0.15) is 11.9 Å². The number of fused-ring (bicyclic) bond motifs is 1. The number of aryl methyl sites for hydroxylation is 1. The highest BCUT2D eigenvalue weighted by Gasteiger charge is 2.31. The van der Waals surface area contributed by atoms with Gasteiger partial charge in [-0.05, 0) is 98.3 Å². The van der Waals surface area contributed by atoms with Crippen LogP contribution in [0.5, 0.6) is 5.75 Å². The maximum atomic E-state index is 15.4. The summed E-state index contributed by atoms with van der Waals surface area (Å²) in [5.74, 6) is 0.210. The number of aliphatic carboxylic acids is 1. The van der Waals surface area contributed by atoms with Gasteiger partial charge in [0, 0.05) is 29.4 Å². The molecule has 3 aromatic rings. The number of benzene rings is 1. The van der Waals surface area contributed by atoms with Crippen molar-refractivity contribution in [2.24, 2.45) is 11.8 Å². The SMILES string of the molecule is COc1ccc2nccc([C@H](F)CC[C@@H]3CCN(CCCc4cccs4)C[C@@H]3CC(=O)O)c2c1. The number of carbonyl (C=O) groups is 1. The van der Waals surface area contributed by atoms with E-state index >= 15 is 4.39 Å². The predicted molar refractivity (Wildman–Crippen MR) is 134 cm³/mol. The average molecular weight is 485 g/mol. The molecule has 7 heteroatoms. The first-order valence-corrected chi connectivity index (χ1v) is 12.9. The fourth-order valence-electron chi connectivity index (χ4n) is 5.19. The molecule has 2 aromatic heterocycles. The predicted octanol–water partition coefficient (Wildman–Crippen LogP) is 6.14. The van der Waals surface area contributed by atoms with Gasteiger partial charge in [0.2, 0.25) is 0 Å². The fourth-order valence-corrected chi connectivity index (χ4v) is 5.94. The van der Waals surface area contributed by atoms with Gasteiger partial charge in [-0.25, -0.2) is 4.39 Å². The number of alkyl halides is 1. The van der Waals surface area contributed by atoms with Crippen LogP contribution < -0.4 is 4.74 Å². The maximum Gasteiger partial charge on any atom is 0.303 e. The van der Waals surface area contributed by atoms with Crippen molar-refractivity contribution in [1.82, 2.24) is 9.88 Å². The smallest absolute Gasteiger partial charge is 0.303 e. The Morgan fingerprint density at radius 1 is 1.32 bits per heavy atom. The van der Waals surface area contributed by atoms with Crippen LogP contribution in [0.3, 0.4) is 0 Å². The van der Waals surface area contributed by atoms with Crippen molar-refractivity contribution in [3.8, 4) is 5.75 Å². The highest BCUT2D eigenvalue weighted by molar-refractivity contribution is 7.09. The van der Waals surface area contributed by atoms with E-state index in [0.717, 1.165) is 49.8 Å². The van der Waals surface area contributed by atoms with E-state index in [9.17, 15) is 9.90 Å². The van der Waals surface area contributed by atoms with Crippen LogP contribution in [0.25, 0.3) is 10.9 Å². The molecule has 0 amide bonds. The number of thiophene rings is 1. The number of rotatable bonds is 11. The highest BCUT2D eigenvalue weighted by atomic mass is 32.1. The van der Waals surface area contributed by atoms with Crippen molar-refractivity contribution in [1.29, 1.82) is 0 Å². The van der Waals surface area contributed by atoms with Crippen molar-refractivity contribution in [3.05, 3.63) is 58.4 Å². The summed E-state index contributed by atoms with van der Waals surface area (Å²) in [5, 5.41) is 12.4. The molecule has 4 rings (SSSR count). The third-order valence-corrected chi connectivity index (χ3v) is 7.94. The Kier molecular flexibility index (Phi) is 8.51. The van der Waals surface area contributed by atoms with Crippen LogP contribution in [0.4, 0.5) is 4.39 Å². The van der Waals surface area contributed by atoms with Gasteiger partial charge in [-0.3, -0.25) is 9.78 Å². The lowest BCUT2D eigenvalue weighted by Crippen LogP contribution is -2.42. The zero-order valence-electron chi connectivity index (χ0n) is 19.7. The Labute approximate surface area is 204 Å². The summed E-state index contributed by atoms with van der Waals surface area (Å²) in [5.41, 5.74) is 1.38. The number of hydrogen-bond donors (Lipinski definition) is 1. The Bertz CT molecular complexity index is 1070. The molecule has 1 fully saturated rings. The van der Waals surface area contributed by atoms with Gasteiger partial charge in [0.05, 0.1) is 12.6 Å². The summed E-state index contributed by atoms with van der Waals surface area (Å²) >= 11 is 1.79. The van der Waals surface area contributed by atoms with E-state index in [0.29, 0.717) is 24.2 Å². The number of halogens is 1. The number of pyridine rings is 1. The van der Waals surface area contributed by atoms with Crippen molar-refractivity contribution in [2.75, 3.05) is 26.7 Å². The molecular weight excluding hydrogens is 451 g/mol. The third kappa shape index (κ3) is 6.33. The van der Waals surface area contributed by atoms with E-state index in [1.807, 2.05) is 18.2 Å². The molecule has 34 heavy (non-hydrogen) atoms. The molecule has 5 nitrogen and oxygen atoms in total. The average Bonchev–Trinajstić information content (AvgIpc) is 3.36. The lowest BCUT2D eigenvalue weighted by atomic mass is 9.79. The van der Waals surface area contributed by atoms with Crippen LogP contribution in [0.2, 0.25) is 0 Å². The van der Waals surface area contributed by atoms with Crippen LogP contribution >= 0.6 is 11.3 Å². The number of piperidine rings is 1. The van der Waals surface area contributed by atoms with Crippen molar-refractivity contribution < 1.29 is 19.0 Å². The molecule has 0 bridgehead atoms. The molecule has 0 saturated carbocycles. The number of ether oxygens (including phenoxy) is 1. The molecule has 1 N–H and O–H groups in total. The molecule has 1 aromatic carbocycles. The van der Waals surface area contributed by atoms with Gasteiger partial charge in [-0.2, -0.15) is 0 Å². The van der Waals surface area contributed by atoms with Gasteiger partial charge < -0.3 is 14.7 Å². The highest BCUT2D eigenvalue weighted by Crippen LogP contribution is 2.36. The van der Waals surface area contributed by atoms with Crippen molar-refractivity contribution >= 4 is 28.2 Å². The van der Waals surface area contributed by atoms with Crippen LogP contribution in [-0.2, 0) is 11.2 Å². The Morgan fingerprint density at radius 3 is 2.97 bits per heavy atom. The first-order valence-electron chi connectivity index (χ1n) is 12.1. The van der Waals surface area contributed by atoms with Crippen LogP contribution in [0.15, 0.2) is 48.0 Å². The Balaban J connectivity index is 1.35. The number of carboxylic acid groups (broad SMARTS) is 1. The largest absolute Gasteiger partial charge is 0.497 e. The zero-order valence-corrected chi connectivity index (χ0v) is 20.5. The van der Waals surface area contributed by atoms with E-state index in [1.54, 1.807) is 30.7 Å². The Hall–Kier alpha value is -2.51. The molecule has 1 saturated heterocycles. The van der Waals surface area contributed by atoms with Gasteiger partial charge in [-0.15, -0.1) is 11.3 Å².